The third kappa shape index (κ3) is 5.68. The highest BCUT2D eigenvalue weighted by Gasteiger charge is 2.26. The maximum Gasteiger partial charge on any atom is 0.389 e. The summed E-state index contributed by atoms with van der Waals surface area (Å²) in [5.41, 5.74) is 0.411. The van der Waals surface area contributed by atoms with Gasteiger partial charge in [-0.3, -0.25) is 4.79 Å². The summed E-state index contributed by atoms with van der Waals surface area (Å²) in [5, 5.41) is 0. The van der Waals surface area contributed by atoms with Crippen LogP contribution in [0.2, 0.25) is 0 Å². The molecule has 0 atom stereocenters. The number of carbonyl (C=O) groups is 1. The molecular formula is C11H9Br2F3O. The van der Waals surface area contributed by atoms with E-state index in [9.17, 15) is 18.0 Å². The van der Waals surface area contributed by atoms with Gasteiger partial charge >= 0.3 is 6.18 Å². The van der Waals surface area contributed by atoms with Crippen LogP contribution in [-0.2, 0) is 0 Å². The van der Waals surface area contributed by atoms with Crippen molar-refractivity contribution in [3.8, 4) is 0 Å². The zero-order chi connectivity index (χ0) is 13.1. The van der Waals surface area contributed by atoms with Crippen molar-refractivity contribution in [3.05, 3.63) is 32.7 Å². The maximum atomic E-state index is 11.9. The van der Waals surface area contributed by atoms with Crippen LogP contribution in [0.25, 0.3) is 0 Å². The van der Waals surface area contributed by atoms with E-state index < -0.39 is 12.6 Å². The Morgan fingerprint density at radius 3 is 2.12 bits per heavy atom. The third-order valence-electron chi connectivity index (χ3n) is 2.05. The Labute approximate surface area is 114 Å². The first-order valence-electron chi connectivity index (χ1n) is 4.84. The number of rotatable bonds is 4. The molecule has 0 aliphatic rings. The summed E-state index contributed by atoms with van der Waals surface area (Å²) in [7, 11) is 0. The lowest BCUT2D eigenvalue weighted by Gasteiger charge is -2.06. The Bertz CT molecular complexity index is 395. The summed E-state index contributed by atoms with van der Waals surface area (Å²) in [6, 6.07) is 4.95. The van der Waals surface area contributed by atoms with Gasteiger partial charge < -0.3 is 0 Å². The molecule has 0 radical (unpaired) electrons. The van der Waals surface area contributed by atoms with E-state index in [4.69, 9.17) is 0 Å². The minimum absolute atomic E-state index is 0.0948. The zero-order valence-electron chi connectivity index (χ0n) is 8.65. The fraction of sp³-hybridized carbons (Fsp3) is 0.364. The molecule has 94 valence electrons. The van der Waals surface area contributed by atoms with Gasteiger partial charge in [-0.2, -0.15) is 13.2 Å². The number of hydrogen-bond acceptors (Lipinski definition) is 1. The first-order valence-corrected chi connectivity index (χ1v) is 6.42. The molecule has 0 unspecified atom stereocenters. The van der Waals surface area contributed by atoms with Crippen LogP contribution in [0.4, 0.5) is 13.2 Å². The maximum absolute atomic E-state index is 11.9. The molecule has 0 aliphatic heterocycles. The Morgan fingerprint density at radius 1 is 1.12 bits per heavy atom. The molecule has 1 aromatic rings. The van der Waals surface area contributed by atoms with Gasteiger partial charge in [0.2, 0.25) is 0 Å². The molecule has 0 bridgehead atoms. The van der Waals surface area contributed by atoms with Crippen molar-refractivity contribution in [2.75, 3.05) is 0 Å². The van der Waals surface area contributed by atoms with Crippen molar-refractivity contribution in [2.24, 2.45) is 0 Å². The highest BCUT2D eigenvalue weighted by atomic mass is 79.9. The molecule has 0 aromatic heterocycles. The standard InChI is InChI=1S/C11H9Br2F3O/c12-8-4-7(5-9(13)6-8)10(17)2-1-3-11(14,15)16/h4-6H,1-3H2. The molecule has 1 nitrogen and oxygen atoms in total. The molecule has 6 heteroatoms. The summed E-state index contributed by atoms with van der Waals surface area (Å²) >= 11 is 6.44. The van der Waals surface area contributed by atoms with Crippen molar-refractivity contribution in [1.82, 2.24) is 0 Å². The summed E-state index contributed by atoms with van der Waals surface area (Å²) < 4.78 is 37.2. The number of carbonyl (C=O) groups excluding carboxylic acids is 1. The van der Waals surface area contributed by atoms with Gasteiger partial charge in [-0.1, -0.05) is 31.9 Å². The van der Waals surface area contributed by atoms with Gasteiger partial charge in [0.15, 0.2) is 5.78 Å². The van der Waals surface area contributed by atoms with Crippen molar-refractivity contribution >= 4 is 37.6 Å². The fourth-order valence-corrected chi connectivity index (χ4v) is 2.60. The smallest absolute Gasteiger partial charge is 0.294 e. The normalized spacial score (nSPS) is 11.6. The monoisotopic (exact) mass is 372 g/mol. The lowest BCUT2D eigenvalue weighted by atomic mass is 10.1. The van der Waals surface area contributed by atoms with Crippen molar-refractivity contribution < 1.29 is 18.0 Å². The second-order valence-electron chi connectivity index (χ2n) is 3.55. The largest absolute Gasteiger partial charge is 0.389 e. The van der Waals surface area contributed by atoms with Crippen molar-refractivity contribution in [3.63, 3.8) is 0 Å². The Balaban J connectivity index is 2.58. The number of ketones is 1. The first kappa shape index (κ1) is 14.7. The van der Waals surface area contributed by atoms with E-state index in [0.29, 0.717) is 14.5 Å². The summed E-state index contributed by atoms with van der Waals surface area (Å²) in [4.78, 5) is 11.6. The van der Waals surface area contributed by atoms with Crippen LogP contribution in [0.1, 0.15) is 29.6 Å². The molecule has 0 saturated carbocycles. The van der Waals surface area contributed by atoms with Crippen LogP contribution in [-0.4, -0.2) is 12.0 Å². The second kappa shape index (κ2) is 6.00. The lowest BCUT2D eigenvalue weighted by molar-refractivity contribution is -0.135. The van der Waals surface area contributed by atoms with E-state index in [1.807, 2.05) is 0 Å². The molecule has 0 fully saturated rings. The molecule has 0 saturated heterocycles. The van der Waals surface area contributed by atoms with Gasteiger partial charge in [-0.15, -0.1) is 0 Å². The van der Waals surface area contributed by atoms with Gasteiger partial charge in [0.25, 0.3) is 0 Å². The Morgan fingerprint density at radius 2 is 1.65 bits per heavy atom. The number of alkyl halides is 3. The van der Waals surface area contributed by atoms with E-state index in [-0.39, 0.29) is 18.6 Å². The van der Waals surface area contributed by atoms with Gasteiger partial charge in [-0.05, 0) is 24.6 Å². The second-order valence-corrected chi connectivity index (χ2v) is 5.38. The minimum atomic E-state index is -4.20. The van der Waals surface area contributed by atoms with Crippen LogP contribution < -0.4 is 0 Å². The third-order valence-corrected chi connectivity index (χ3v) is 2.96. The van der Waals surface area contributed by atoms with Gasteiger partial charge in [0.05, 0.1) is 0 Å². The van der Waals surface area contributed by atoms with Crippen LogP contribution in [0.3, 0.4) is 0 Å². The van der Waals surface area contributed by atoms with Gasteiger partial charge in [0, 0.05) is 27.4 Å². The summed E-state index contributed by atoms with van der Waals surface area (Å²) in [5.74, 6) is -0.281. The van der Waals surface area contributed by atoms with Crippen LogP contribution in [0.5, 0.6) is 0 Å². The Kier molecular flexibility index (Phi) is 5.19. The number of Topliss-reactive ketones (excluding diaryl/α,β-unsaturated/α-hetero) is 1. The molecular weight excluding hydrogens is 365 g/mol. The highest BCUT2D eigenvalue weighted by Crippen LogP contribution is 2.24. The van der Waals surface area contributed by atoms with Crippen LogP contribution in [0.15, 0.2) is 27.1 Å². The molecule has 0 N–H and O–H groups in total. The zero-order valence-corrected chi connectivity index (χ0v) is 11.8. The molecule has 0 heterocycles. The van der Waals surface area contributed by atoms with Crippen molar-refractivity contribution in [1.29, 1.82) is 0 Å². The molecule has 1 rings (SSSR count). The predicted molar refractivity (Wildman–Crippen MR) is 66.1 cm³/mol. The summed E-state index contributed by atoms with van der Waals surface area (Å²) in [6.07, 6.45) is -5.39. The van der Waals surface area contributed by atoms with Crippen LogP contribution in [0, 0.1) is 0 Å². The van der Waals surface area contributed by atoms with Gasteiger partial charge in [0.1, 0.15) is 0 Å². The first-order chi connectivity index (χ1) is 7.78. The number of hydrogen-bond donors (Lipinski definition) is 0. The lowest BCUT2D eigenvalue weighted by Crippen LogP contribution is -2.08. The average molecular weight is 374 g/mol. The SMILES string of the molecule is O=C(CCCC(F)(F)F)c1cc(Br)cc(Br)c1. The summed E-state index contributed by atoms with van der Waals surface area (Å²) in [6.45, 7) is 0. The topological polar surface area (TPSA) is 17.1 Å². The quantitative estimate of drug-likeness (QED) is 0.669. The Hall–Kier alpha value is -0.360. The molecule has 17 heavy (non-hydrogen) atoms. The van der Waals surface area contributed by atoms with E-state index in [2.05, 4.69) is 31.9 Å². The molecule has 0 aliphatic carbocycles. The van der Waals surface area contributed by atoms with Crippen molar-refractivity contribution in [2.45, 2.75) is 25.4 Å². The van der Waals surface area contributed by atoms with E-state index >= 15 is 0 Å². The van der Waals surface area contributed by atoms with Crippen LogP contribution >= 0.6 is 31.9 Å². The molecule has 0 spiro atoms. The average Bonchev–Trinajstić information content (AvgIpc) is 2.13. The number of benzene rings is 1. The van der Waals surface area contributed by atoms with Gasteiger partial charge in [-0.25, -0.2) is 0 Å². The van der Waals surface area contributed by atoms with E-state index in [0.717, 1.165) is 0 Å². The minimum Gasteiger partial charge on any atom is -0.294 e. The number of halogens is 5. The fourth-order valence-electron chi connectivity index (χ4n) is 1.31. The van der Waals surface area contributed by atoms with E-state index in [1.165, 1.54) is 0 Å². The predicted octanol–water partition coefficient (Wildman–Crippen LogP) is 5.13. The molecule has 0 amide bonds. The van der Waals surface area contributed by atoms with E-state index in [1.54, 1.807) is 18.2 Å². The highest BCUT2D eigenvalue weighted by molar-refractivity contribution is 9.11. The molecule has 1 aromatic carbocycles.